The van der Waals surface area contributed by atoms with Gasteiger partial charge >= 0.3 is 5.97 Å². The molecule has 8 nitrogen and oxygen atoms in total. The first-order valence-electron chi connectivity index (χ1n) is 9.96. The van der Waals surface area contributed by atoms with Crippen LogP contribution in [0.2, 0.25) is 0 Å². The van der Waals surface area contributed by atoms with Crippen molar-refractivity contribution in [3.8, 4) is 0 Å². The molecule has 0 aromatic heterocycles. The molecular weight excluding hydrogens is 388 g/mol. The smallest absolute Gasteiger partial charge is 0.338 e. The molecule has 0 spiro atoms. The molecule has 0 saturated carbocycles. The number of hydrogen-bond acceptors (Lipinski definition) is 7. The number of nitro benzene ring substituents is 1. The molecule has 156 valence electrons. The summed E-state index contributed by atoms with van der Waals surface area (Å²) >= 11 is 0. The van der Waals surface area contributed by atoms with Crippen molar-refractivity contribution in [1.29, 1.82) is 0 Å². The first kappa shape index (κ1) is 20.0. The number of aryl methyl sites for hydroxylation is 2. The quantitative estimate of drug-likeness (QED) is 0.312. The van der Waals surface area contributed by atoms with Crippen molar-refractivity contribution >= 4 is 23.1 Å². The largest absolute Gasteiger partial charge is 0.454 e. The number of rotatable bonds is 6. The van der Waals surface area contributed by atoms with Gasteiger partial charge in [-0.3, -0.25) is 14.9 Å². The van der Waals surface area contributed by atoms with Crippen molar-refractivity contribution in [2.45, 2.75) is 19.3 Å². The second kappa shape index (κ2) is 8.62. The molecule has 1 aliphatic carbocycles. The number of esters is 1. The molecule has 0 atom stereocenters. The standard InChI is InChI=1S/C22H22N2O6/c25-21(17-5-4-15-2-1-3-16(15)12-17)14-30-22(26)18-6-7-19(20(13-18)24(27)28)23-8-10-29-11-9-23/h4-7,12-13H,1-3,8-11,14H2. The second-order valence-corrected chi connectivity index (χ2v) is 7.40. The van der Waals surface area contributed by atoms with Crippen molar-refractivity contribution in [3.63, 3.8) is 0 Å². The number of hydrogen-bond donors (Lipinski definition) is 0. The number of morpholine rings is 1. The van der Waals surface area contributed by atoms with Crippen LogP contribution in [-0.4, -0.2) is 49.6 Å². The highest BCUT2D eigenvalue weighted by molar-refractivity contribution is 5.99. The molecule has 1 fully saturated rings. The number of fused-ring (bicyclic) bond motifs is 1. The minimum atomic E-state index is -0.763. The molecule has 30 heavy (non-hydrogen) atoms. The number of anilines is 1. The van der Waals surface area contributed by atoms with Gasteiger partial charge in [-0.15, -0.1) is 0 Å². The molecule has 0 unspecified atom stereocenters. The highest BCUT2D eigenvalue weighted by Crippen LogP contribution is 2.30. The molecule has 2 aromatic carbocycles. The molecule has 2 aliphatic rings. The lowest BCUT2D eigenvalue weighted by Gasteiger charge is -2.28. The number of carbonyl (C=O) groups is 2. The molecule has 1 aliphatic heterocycles. The predicted octanol–water partition coefficient (Wildman–Crippen LogP) is 2.96. The van der Waals surface area contributed by atoms with Crippen LogP contribution < -0.4 is 4.90 Å². The SMILES string of the molecule is O=C(COC(=O)c1ccc(N2CCOCC2)c([N+](=O)[O-])c1)c1ccc2c(c1)CCC2. The fourth-order valence-corrected chi connectivity index (χ4v) is 3.91. The maximum Gasteiger partial charge on any atom is 0.338 e. The highest BCUT2D eigenvalue weighted by Gasteiger charge is 2.24. The summed E-state index contributed by atoms with van der Waals surface area (Å²) in [4.78, 5) is 37.7. The molecule has 1 heterocycles. The Labute approximate surface area is 173 Å². The van der Waals surface area contributed by atoms with Crippen molar-refractivity contribution in [2.75, 3.05) is 37.8 Å². The van der Waals surface area contributed by atoms with Crippen LogP contribution in [0.15, 0.2) is 36.4 Å². The van der Waals surface area contributed by atoms with Crippen molar-refractivity contribution in [1.82, 2.24) is 0 Å². The van der Waals surface area contributed by atoms with E-state index in [-0.39, 0.29) is 17.0 Å². The van der Waals surface area contributed by atoms with Gasteiger partial charge in [0.25, 0.3) is 5.69 Å². The summed E-state index contributed by atoms with van der Waals surface area (Å²) in [5.41, 5.74) is 3.25. The van der Waals surface area contributed by atoms with Gasteiger partial charge in [-0.1, -0.05) is 12.1 Å². The molecule has 0 N–H and O–H groups in total. The minimum Gasteiger partial charge on any atom is -0.454 e. The molecular formula is C22H22N2O6. The molecule has 0 radical (unpaired) electrons. The van der Waals surface area contributed by atoms with E-state index in [0.29, 0.717) is 37.6 Å². The molecule has 1 saturated heterocycles. The van der Waals surface area contributed by atoms with Crippen molar-refractivity contribution < 1.29 is 24.0 Å². The van der Waals surface area contributed by atoms with Crippen molar-refractivity contribution in [2.24, 2.45) is 0 Å². The number of nitro groups is 1. The summed E-state index contributed by atoms with van der Waals surface area (Å²) in [5, 5.41) is 11.5. The van der Waals surface area contributed by atoms with Gasteiger partial charge in [0.1, 0.15) is 5.69 Å². The van der Waals surface area contributed by atoms with Crippen LogP contribution in [0, 0.1) is 10.1 Å². The van der Waals surface area contributed by atoms with E-state index in [1.165, 1.54) is 23.3 Å². The lowest BCUT2D eigenvalue weighted by Crippen LogP contribution is -2.36. The summed E-state index contributed by atoms with van der Waals surface area (Å²) in [5.74, 6) is -1.06. The van der Waals surface area contributed by atoms with Gasteiger partial charge in [-0.25, -0.2) is 4.79 Å². The number of nitrogens with zero attached hydrogens (tertiary/aromatic N) is 2. The maximum atomic E-state index is 12.4. The number of carbonyl (C=O) groups excluding carboxylic acids is 2. The Morgan fingerprint density at radius 3 is 2.53 bits per heavy atom. The van der Waals surface area contributed by atoms with Crippen LogP contribution in [0.25, 0.3) is 0 Å². The lowest BCUT2D eigenvalue weighted by molar-refractivity contribution is -0.384. The summed E-state index contributed by atoms with van der Waals surface area (Å²) in [6.45, 7) is 1.66. The van der Waals surface area contributed by atoms with E-state index in [1.807, 2.05) is 17.0 Å². The van der Waals surface area contributed by atoms with Gasteiger partial charge in [-0.2, -0.15) is 0 Å². The van der Waals surface area contributed by atoms with Gasteiger partial charge in [0.2, 0.25) is 0 Å². The number of Topliss-reactive ketones (excluding diaryl/α,β-unsaturated/α-hetero) is 1. The Bertz CT molecular complexity index is 997. The van der Waals surface area contributed by atoms with E-state index in [4.69, 9.17) is 9.47 Å². The minimum absolute atomic E-state index is 0.0421. The summed E-state index contributed by atoms with van der Waals surface area (Å²) in [6.07, 6.45) is 3.06. The Morgan fingerprint density at radius 2 is 1.77 bits per heavy atom. The van der Waals surface area contributed by atoms with Crippen LogP contribution in [0.4, 0.5) is 11.4 Å². The first-order chi connectivity index (χ1) is 14.5. The Hall–Kier alpha value is -3.26. The van der Waals surface area contributed by atoms with Crippen LogP contribution in [0.1, 0.15) is 38.3 Å². The van der Waals surface area contributed by atoms with Crippen LogP contribution in [0.5, 0.6) is 0 Å². The summed E-state index contributed by atoms with van der Waals surface area (Å²) < 4.78 is 10.4. The second-order valence-electron chi connectivity index (χ2n) is 7.40. The Balaban J connectivity index is 1.44. The number of ketones is 1. The predicted molar refractivity (Wildman–Crippen MR) is 109 cm³/mol. The maximum absolute atomic E-state index is 12.4. The van der Waals surface area contributed by atoms with Crippen molar-refractivity contribution in [3.05, 3.63) is 68.8 Å². The van der Waals surface area contributed by atoms with Gasteiger partial charge in [0.05, 0.1) is 23.7 Å². The molecule has 8 heteroatoms. The molecule has 0 bridgehead atoms. The normalized spacial score (nSPS) is 15.5. The number of benzene rings is 2. The topological polar surface area (TPSA) is 99.0 Å². The van der Waals surface area contributed by atoms with Crippen LogP contribution in [-0.2, 0) is 22.3 Å². The van der Waals surface area contributed by atoms with E-state index in [1.54, 1.807) is 12.1 Å². The van der Waals surface area contributed by atoms with E-state index in [0.717, 1.165) is 19.3 Å². The van der Waals surface area contributed by atoms with E-state index >= 15 is 0 Å². The average Bonchev–Trinajstić information content (AvgIpc) is 3.25. The fraction of sp³-hybridized carbons (Fsp3) is 0.364. The Morgan fingerprint density at radius 1 is 1.03 bits per heavy atom. The van der Waals surface area contributed by atoms with Crippen LogP contribution >= 0.6 is 0 Å². The molecule has 2 aromatic rings. The van der Waals surface area contributed by atoms with Gasteiger partial charge in [0, 0.05) is 24.7 Å². The van der Waals surface area contributed by atoms with E-state index in [9.17, 15) is 19.7 Å². The van der Waals surface area contributed by atoms with Crippen LogP contribution in [0.3, 0.4) is 0 Å². The third-order valence-corrected chi connectivity index (χ3v) is 5.51. The third-order valence-electron chi connectivity index (χ3n) is 5.51. The molecule has 4 rings (SSSR count). The Kier molecular flexibility index (Phi) is 5.76. The summed E-state index contributed by atoms with van der Waals surface area (Å²) in [6, 6.07) is 9.79. The zero-order chi connectivity index (χ0) is 21.1. The number of ether oxygens (including phenoxy) is 2. The van der Waals surface area contributed by atoms with E-state index < -0.39 is 17.5 Å². The zero-order valence-corrected chi connectivity index (χ0v) is 16.5. The van der Waals surface area contributed by atoms with Gasteiger partial charge < -0.3 is 14.4 Å². The zero-order valence-electron chi connectivity index (χ0n) is 16.5. The highest BCUT2D eigenvalue weighted by atomic mass is 16.6. The lowest BCUT2D eigenvalue weighted by atomic mass is 10.0. The molecule has 0 amide bonds. The summed E-state index contributed by atoms with van der Waals surface area (Å²) in [7, 11) is 0. The third kappa shape index (κ3) is 4.18. The first-order valence-corrected chi connectivity index (χ1v) is 9.96. The average molecular weight is 410 g/mol. The fourth-order valence-electron chi connectivity index (χ4n) is 3.91. The monoisotopic (exact) mass is 410 g/mol. The van der Waals surface area contributed by atoms with Gasteiger partial charge in [-0.05, 0) is 48.6 Å². The van der Waals surface area contributed by atoms with Gasteiger partial charge in [0.15, 0.2) is 12.4 Å². The van der Waals surface area contributed by atoms with E-state index in [2.05, 4.69) is 0 Å².